The average Bonchev–Trinajstić information content (AvgIpc) is 2.81. The molecule has 0 aromatic carbocycles. The lowest BCUT2D eigenvalue weighted by Crippen LogP contribution is -2.16. The van der Waals surface area contributed by atoms with E-state index in [1.807, 2.05) is 0 Å². The minimum Gasteiger partial charge on any atom is -0.396 e. The van der Waals surface area contributed by atoms with Gasteiger partial charge in [-0.15, -0.1) is 0 Å². The van der Waals surface area contributed by atoms with E-state index in [2.05, 4.69) is 10.1 Å². The molecule has 20 heavy (non-hydrogen) atoms. The van der Waals surface area contributed by atoms with Crippen molar-refractivity contribution in [2.75, 3.05) is 5.73 Å². The fraction of sp³-hybridized carbons (Fsp3) is 0.538. The van der Waals surface area contributed by atoms with Crippen molar-refractivity contribution < 1.29 is 13.2 Å². The molecular formula is C13H15F3N4. The van der Waals surface area contributed by atoms with Gasteiger partial charge < -0.3 is 5.73 Å². The SMILES string of the molecule is Nc1cnc2cc(C3CCCCC3)nn2c1C(F)(F)F. The van der Waals surface area contributed by atoms with Crippen LogP contribution >= 0.6 is 0 Å². The van der Waals surface area contributed by atoms with Crippen molar-refractivity contribution >= 4 is 11.3 Å². The molecule has 2 heterocycles. The van der Waals surface area contributed by atoms with Crippen molar-refractivity contribution in [3.63, 3.8) is 0 Å². The molecule has 2 aromatic rings. The van der Waals surface area contributed by atoms with Gasteiger partial charge in [0, 0.05) is 12.0 Å². The predicted molar refractivity (Wildman–Crippen MR) is 68.2 cm³/mol. The summed E-state index contributed by atoms with van der Waals surface area (Å²) in [4.78, 5) is 3.95. The highest BCUT2D eigenvalue weighted by molar-refractivity contribution is 5.51. The Balaban J connectivity index is 2.11. The van der Waals surface area contributed by atoms with Gasteiger partial charge in [-0.2, -0.15) is 18.3 Å². The molecule has 0 spiro atoms. The molecular weight excluding hydrogens is 269 g/mol. The van der Waals surface area contributed by atoms with Crippen LogP contribution in [0.5, 0.6) is 0 Å². The molecule has 0 unspecified atom stereocenters. The van der Waals surface area contributed by atoms with Crippen molar-refractivity contribution in [3.8, 4) is 0 Å². The van der Waals surface area contributed by atoms with Gasteiger partial charge in [0.25, 0.3) is 0 Å². The number of halogens is 3. The van der Waals surface area contributed by atoms with Gasteiger partial charge in [0.2, 0.25) is 0 Å². The van der Waals surface area contributed by atoms with Crippen LogP contribution in [0.15, 0.2) is 12.3 Å². The van der Waals surface area contributed by atoms with Crippen molar-refractivity contribution in [1.82, 2.24) is 14.6 Å². The number of nitrogens with zero attached hydrogens (tertiary/aromatic N) is 3. The first kappa shape index (κ1) is 13.2. The largest absolute Gasteiger partial charge is 0.435 e. The molecule has 2 aromatic heterocycles. The van der Waals surface area contributed by atoms with Crippen LogP contribution in [0.25, 0.3) is 5.65 Å². The van der Waals surface area contributed by atoms with E-state index < -0.39 is 17.6 Å². The van der Waals surface area contributed by atoms with Crippen molar-refractivity contribution in [2.24, 2.45) is 0 Å². The zero-order chi connectivity index (χ0) is 14.3. The highest BCUT2D eigenvalue weighted by atomic mass is 19.4. The van der Waals surface area contributed by atoms with Crippen LogP contribution in [0.2, 0.25) is 0 Å². The molecule has 3 rings (SSSR count). The monoisotopic (exact) mass is 284 g/mol. The van der Waals surface area contributed by atoms with E-state index in [-0.39, 0.29) is 11.6 Å². The Morgan fingerprint density at radius 1 is 1.20 bits per heavy atom. The number of nitrogen functional groups attached to an aromatic ring is 1. The molecule has 1 saturated carbocycles. The first-order valence-electron chi connectivity index (χ1n) is 6.68. The van der Waals surface area contributed by atoms with Crippen LogP contribution in [0.4, 0.5) is 18.9 Å². The van der Waals surface area contributed by atoms with Gasteiger partial charge in [-0.05, 0) is 12.8 Å². The van der Waals surface area contributed by atoms with E-state index in [1.165, 1.54) is 6.42 Å². The Kier molecular flexibility index (Phi) is 3.07. The van der Waals surface area contributed by atoms with E-state index >= 15 is 0 Å². The standard InChI is InChI=1S/C13H15F3N4/c14-13(15,16)12-9(17)7-18-11-6-10(19-20(11)12)8-4-2-1-3-5-8/h6-8H,1-5,17H2. The highest BCUT2D eigenvalue weighted by Gasteiger charge is 2.37. The van der Waals surface area contributed by atoms with Crippen molar-refractivity contribution in [2.45, 2.75) is 44.2 Å². The number of nitrogens with two attached hydrogens (primary N) is 1. The average molecular weight is 284 g/mol. The topological polar surface area (TPSA) is 56.2 Å². The molecule has 0 amide bonds. The third kappa shape index (κ3) is 2.21. The summed E-state index contributed by atoms with van der Waals surface area (Å²) in [7, 11) is 0. The smallest absolute Gasteiger partial charge is 0.396 e. The zero-order valence-electron chi connectivity index (χ0n) is 10.8. The summed E-state index contributed by atoms with van der Waals surface area (Å²) >= 11 is 0. The lowest BCUT2D eigenvalue weighted by molar-refractivity contribution is -0.141. The van der Waals surface area contributed by atoms with E-state index in [0.29, 0.717) is 5.69 Å². The van der Waals surface area contributed by atoms with Crippen LogP contribution in [-0.4, -0.2) is 14.6 Å². The van der Waals surface area contributed by atoms with Gasteiger partial charge in [-0.25, -0.2) is 9.50 Å². The molecule has 1 aliphatic rings. The zero-order valence-corrected chi connectivity index (χ0v) is 10.8. The van der Waals surface area contributed by atoms with Crippen LogP contribution < -0.4 is 5.73 Å². The molecule has 0 saturated heterocycles. The maximum atomic E-state index is 13.1. The number of fused-ring (bicyclic) bond motifs is 1. The molecule has 0 atom stereocenters. The molecule has 0 aliphatic heterocycles. The van der Waals surface area contributed by atoms with Gasteiger partial charge in [-0.1, -0.05) is 19.3 Å². The molecule has 1 fully saturated rings. The second-order valence-corrected chi connectivity index (χ2v) is 5.23. The number of aromatic nitrogens is 3. The second kappa shape index (κ2) is 4.64. The summed E-state index contributed by atoms with van der Waals surface area (Å²) in [6, 6.07) is 1.64. The maximum absolute atomic E-state index is 13.1. The van der Waals surface area contributed by atoms with Gasteiger partial charge in [0.05, 0.1) is 17.6 Å². The Labute approximate surface area is 113 Å². The van der Waals surface area contributed by atoms with Crippen molar-refractivity contribution in [1.29, 1.82) is 0 Å². The summed E-state index contributed by atoms with van der Waals surface area (Å²) in [5, 5.41) is 4.12. The van der Waals surface area contributed by atoms with Crippen LogP contribution in [0, 0.1) is 0 Å². The van der Waals surface area contributed by atoms with E-state index in [4.69, 9.17) is 5.73 Å². The van der Waals surface area contributed by atoms with Gasteiger partial charge in [0.15, 0.2) is 11.3 Å². The number of alkyl halides is 3. The molecule has 1 aliphatic carbocycles. The summed E-state index contributed by atoms with van der Waals surface area (Å²) in [5.74, 6) is 0.229. The molecule has 4 nitrogen and oxygen atoms in total. The molecule has 108 valence electrons. The second-order valence-electron chi connectivity index (χ2n) is 5.23. The van der Waals surface area contributed by atoms with E-state index in [0.717, 1.165) is 36.4 Å². The predicted octanol–water partition coefficient (Wildman–Crippen LogP) is 3.38. The van der Waals surface area contributed by atoms with Crippen molar-refractivity contribution in [3.05, 3.63) is 23.7 Å². The Bertz CT molecular complexity index is 626. The minimum absolute atomic E-state index is 0.201. The van der Waals surface area contributed by atoms with Gasteiger partial charge >= 0.3 is 6.18 Å². The fourth-order valence-corrected chi connectivity index (χ4v) is 2.85. The third-order valence-electron chi connectivity index (χ3n) is 3.82. The Hall–Kier alpha value is -1.79. The van der Waals surface area contributed by atoms with E-state index in [9.17, 15) is 13.2 Å². The van der Waals surface area contributed by atoms with E-state index in [1.54, 1.807) is 6.07 Å². The lowest BCUT2D eigenvalue weighted by atomic mass is 9.87. The van der Waals surface area contributed by atoms with Crippen LogP contribution in [0.3, 0.4) is 0 Å². The van der Waals surface area contributed by atoms with Crippen LogP contribution in [0.1, 0.15) is 49.4 Å². The highest BCUT2D eigenvalue weighted by Crippen LogP contribution is 2.36. The third-order valence-corrected chi connectivity index (χ3v) is 3.82. The Morgan fingerprint density at radius 3 is 2.55 bits per heavy atom. The first-order chi connectivity index (χ1) is 9.47. The summed E-state index contributed by atoms with van der Waals surface area (Å²) < 4.78 is 40.0. The molecule has 7 heteroatoms. The normalized spacial score (nSPS) is 17.8. The first-order valence-corrected chi connectivity index (χ1v) is 6.68. The maximum Gasteiger partial charge on any atom is 0.435 e. The summed E-state index contributed by atoms with van der Waals surface area (Å²) in [5.41, 5.74) is 4.97. The lowest BCUT2D eigenvalue weighted by Gasteiger charge is -2.19. The fourth-order valence-electron chi connectivity index (χ4n) is 2.85. The van der Waals surface area contributed by atoms with Crippen LogP contribution in [-0.2, 0) is 6.18 Å². The summed E-state index contributed by atoms with van der Waals surface area (Å²) in [6.45, 7) is 0. The number of anilines is 1. The minimum atomic E-state index is -4.54. The molecule has 2 N–H and O–H groups in total. The number of hydrogen-bond donors (Lipinski definition) is 1. The molecule has 0 radical (unpaired) electrons. The quantitative estimate of drug-likeness (QED) is 0.873. The molecule has 0 bridgehead atoms. The van der Waals surface area contributed by atoms with Gasteiger partial charge in [0.1, 0.15) is 0 Å². The Morgan fingerprint density at radius 2 is 1.90 bits per heavy atom. The van der Waals surface area contributed by atoms with Gasteiger partial charge in [-0.3, -0.25) is 0 Å². The number of hydrogen-bond acceptors (Lipinski definition) is 3. The number of rotatable bonds is 1. The summed E-state index contributed by atoms with van der Waals surface area (Å²) in [6.07, 6.45) is 1.83.